The Morgan fingerprint density at radius 1 is 1.25 bits per heavy atom. The van der Waals surface area contributed by atoms with Gasteiger partial charge < -0.3 is 0 Å². The van der Waals surface area contributed by atoms with Gasteiger partial charge in [0, 0.05) is 12.8 Å². The van der Waals surface area contributed by atoms with Crippen molar-refractivity contribution in [2.24, 2.45) is 11.3 Å². The summed E-state index contributed by atoms with van der Waals surface area (Å²) < 4.78 is 26.2. The molecule has 0 bridgehead atoms. The van der Waals surface area contributed by atoms with Gasteiger partial charge in [0.15, 0.2) is 5.78 Å². The van der Waals surface area contributed by atoms with Crippen LogP contribution in [0.3, 0.4) is 0 Å². The Kier molecular flexibility index (Phi) is 2.99. The molecule has 1 atom stereocenters. The van der Waals surface area contributed by atoms with Gasteiger partial charge in [0.1, 0.15) is 0 Å². The number of ketones is 1. The highest BCUT2D eigenvalue weighted by molar-refractivity contribution is 5.83. The number of rotatable bonds is 2. The third-order valence-electron chi connectivity index (χ3n) is 2.31. The van der Waals surface area contributed by atoms with E-state index < -0.39 is 23.0 Å². The van der Waals surface area contributed by atoms with Gasteiger partial charge in [-0.2, -0.15) is 8.78 Å². The van der Waals surface area contributed by atoms with Crippen LogP contribution in [0.5, 0.6) is 0 Å². The standard InChI is InChI=1S/C9H16F2O/c1-6(8(3,4)5)9(10,11)7(2)12/h6H,1-5H3. The lowest BCUT2D eigenvalue weighted by Crippen LogP contribution is -2.40. The highest BCUT2D eigenvalue weighted by atomic mass is 19.3. The van der Waals surface area contributed by atoms with E-state index in [4.69, 9.17) is 0 Å². The predicted octanol–water partition coefficient (Wildman–Crippen LogP) is 2.89. The van der Waals surface area contributed by atoms with Crippen LogP contribution >= 0.6 is 0 Å². The highest BCUT2D eigenvalue weighted by Gasteiger charge is 2.46. The first-order valence-corrected chi connectivity index (χ1v) is 3.99. The summed E-state index contributed by atoms with van der Waals surface area (Å²) in [5, 5.41) is 0. The van der Waals surface area contributed by atoms with E-state index in [0.717, 1.165) is 6.92 Å². The van der Waals surface area contributed by atoms with Gasteiger partial charge in [0.05, 0.1) is 0 Å². The Morgan fingerprint density at radius 3 is 1.67 bits per heavy atom. The van der Waals surface area contributed by atoms with Gasteiger partial charge in [-0.05, 0) is 5.41 Å². The Hall–Kier alpha value is -0.470. The van der Waals surface area contributed by atoms with Crippen LogP contribution in [0, 0.1) is 11.3 Å². The summed E-state index contributed by atoms with van der Waals surface area (Å²) in [4.78, 5) is 10.6. The topological polar surface area (TPSA) is 17.1 Å². The first-order valence-electron chi connectivity index (χ1n) is 3.99. The van der Waals surface area contributed by atoms with Crippen LogP contribution in [-0.2, 0) is 4.79 Å². The van der Waals surface area contributed by atoms with Crippen molar-refractivity contribution in [3.8, 4) is 0 Å². The summed E-state index contributed by atoms with van der Waals surface area (Å²) >= 11 is 0. The van der Waals surface area contributed by atoms with Gasteiger partial charge in [-0.25, -0.2) is 0 Å². The maximum atomic E-state index is 13.1. The molecule has 0 saturated carbocycles. The second-order valence-electron chi connectivity index (χ2n) is 4.27. The van der Waals surface area contributed by atoms with Crippen LogP contribution < -0.4 is 0 Å². The van der Waals surface area contributed by atoms with E-state index in [1.165, 1.54) is 6.92 Å². The fourth-order valence-corrected chi connectivity index (χ4v) is 0.849. The summed E-state index contributed by atoms with van der Waals surface area (Å²) in [7, 11) is 0. The Balaban J connectivity index is 4.69. The van der Waals surface area contributed by atoms with Crippen molar-refractivity contribution in [2.75, 3.05) is 0 Å². The smallest absolute Gasteiger partial charge is 0.293 e. The normalized spacial score (nSPS) is 15.9. The molecule has 0 amide bonds. The molecule has 12 heavy (non-hydrogen) atoms. The molecule has 0 radical (unpaired) electrons. The molecule has 0 heterocycles. The Bertz CT molecular complexity index is 179. The number of hydrogen-bond acceptors (Lipinski definition) is 1. The summed E-state index contributed by atoms with van der Waals surface area (Å²) in [6.45, 7) is 7.45. The summed E-state index contributed by atoms with van der Waals surface area (Å²) in [5.41, 5.74) is -0.546. The molecule has 0 aliphatic heterocycles. The summed E-state index contributed by atoms with van der Waals surface area (Å²) in [6.07, 6.45) is 0. The average Bonchev–Trinajstić information content (AvgIpc) is 1.83. The lowest BCUT2D eigenvalue weighted by molar-refractivity contribution is -0.154. The number of carbonyl (C=O) groups is 1. The Morgan fingerprint density at radius 2 is 1.58 bits per heavy atom. The first-order chi connectivity index (χ1) is 5.10. The molecule has 0 aliphatic carbocycles. The van der Waals surface area contributed by atoms with Crippen LogP contribution in [0.1, 0.15) is 34.6 Å². The van der Waals surface area contributed by atoms with E-state index in [9.17, 15) is 13.6 Å². The average molecular weight is 178 g/mol. The zero-order chi connectivity index (χ0) is 10.2. The van der Waals surface area contributed by atoms with Crippen LogP contribution in [0.15, 0.2) is 0 Å². The van der Waals surface area contributed by atoms with Crippen molar-refractivity contribution in [1.82, 2.24) is 0 Å². The fraction of sp³-hybridized carbons (Fsp3) is 0.889. The van der Waals surface area contributed by atoms with E-state index in [0.29, 0.717) is 0 Å². The number of Topliss-reactive ketones (excluding diaryl/α,β-unsaturated/α-hetero) is 1. The van der Waals surface area contributed by atoms with E-state index in [1.807, 2.05) is 0 Å². The minimum Gasteiger partial charge on any atom is -0.293 e. The molecule has 0 aromatic heterocycles. The minimum atomic E-state index is -3.20. The number of halogens is 2. The second-order valence-corrected chi connectivity index (χ2v) is 4.27. The molecule has 1 unspecified atom stereocenters. The zero-order valence-corrected chi connectivity index (χ0v) is 8.24. The molecule has 1 nitrogen and oxygen atoms in total. The zero-order valence-electron chi connectivity index (χ0n) is 8.24. The largest absolute Gasteiger partial charge is 0.307 e. The molecule has 72 valence electrons. The Labute approximate surface area is 72.2 Å². The van der Waals surface area contributed by atoms with Crippen molar-refractivity contribution in [2.45, 2.75) is 40.5 Å². The van der Waals surface area contributed by atoms with Gasteiger partial charge in [-0.1, -0.05) is 27.7 Å². The van der Waals surface area contributed by atoms with Gasteiger partial charge in [-0.15, -0.1) is 0 Å². The van der Waals surface area contributed by atoms with Crippen molar-refractivity contribution in [3.63, 3.8) is 0 Å². The highest BCUT2D eigenvalue weighted by Crippen LogP contribution is 2.38. The fourth-order valence-electron chi connectivity index (χ4n) is 0.849. The lowest BCUT2D eigenvalue weighted by Gasteiger charge is -2.32. The molecule has 0 spiro atoms. The maximum Gasteiger partial charge on any atom is 0.307 e. The van der Waals surface area contributed by atoms with Gasteiger partial charge in [0.2, 0.25) is 0 Å². The number of carbonyl (C=O) groups excluding carboxylic acids is 1. The number of hydrogen-bond donors (Lipinski definition) is 0. The lowest BCUT2D eigenvalue weighted by atomic mass is 9.77. The van der Waals surface area contributed by atoms with E-state index in [1.54, 1.807) is 20.8 Å². The predicted molar refractivity (Wildman–Crippen MR) is 44.2 cm³/mol. The van der Waals surface area contributed by atoms with Crippen molar-refractivity contribution in [1.29, 1.82) is 0 Å². The van der Waals surface area contributed by atoms with Crippen LogP contribution in [-0.4, -0.2) is 11.7 Å². The van der Waals surface area contributed by atoms with Gasteiger partial charge in [-0.3, -0.25) is 4.79 Å². The van der Waals surface area contributed by atoms with E-state index in [2.05, 4.69) is 0 Å². The first kappa shape index (κ1) is 11.5. The third kappa shape index (κ3) is 2.26. The molecular formula is C9H16F2O. The molecule has 0 aromatic rings. The van der Waals surface area contributed by atoms with Crippen LogP contribution in [0.4, 0.5) is 8.78 Å². The quantitative estimate of drug-likeness (QED) is 0.635. The summed E-state index contributed by atoms with van der Waals surface area (Å²) in [6, 6.07) is 0. The monoisotopic (exact) mass is 178 g/mol. The molecule has 0 saturated heterocycles. The number of alkyl halides is 2. The molecule has 0 rings (SSSR count). The van der Waals surface area contributed by atoms with Crippen molar-refractivity contribution < 1.29 is 13.6 Å². The van der Waals surface area contributed by atoms with Crippen molar-refractivity contribution >= 4 is 5.78 Å². The molecule has 0 aromatic carbocycles. The van der Waals surface area contributed by atoms with E-state index in [-0.39, 0.29) is 0 Å². The van der Waals surface area contributed by atoms with E-state index >= 15 is 0 Å². The molecule has 0 aliphatic rings. The maximum absolute atomic E-state index is 13.1. The second kappa shape index (κ2) is 3.11. The molecule has 0 N–H and O–H groups in total. The van der Waals surface area contributed by atoms with Gasteiger partial charge in [0.25, 0.3) is 0 Å². The summed E-state index contributed by atoms with van der Waals surface area (Å²) in [5.74, 6) is -5.18. The van der Waals surface area contributed by atoms with Crippen LogP contribution in [0.2, 0.25) is 0 Å². The minimum absolute atomic E-state index is 0.546. The third-order valence-corrected chi connectivity index (χ3v) is 2.31. The molecular weight excluding hydrogens is 162 g/mol. The molecule has 3 heteroatoms. The van der Waals surface area contributed by atoms with Gasteiger partial charge >= 0.3 is 5.92 Å². The molecule has 0 fully saturated rings. The van der Waals surface area contributed by atoms with Crippen molar-refractivity contribution in [3.05, 3.63) is 0 Å². The van der Waals surface area contributed by atoms with Crippen LogP contribution in [0.25, 0.3) is 0 Å². The SMILES string of the molecule is CC(=O)C(F)(F)C(C)C(C)(C)C.